The van der Waals surface area contributed by atoms with Gasteiger partial charge in [0.15, 0.2) is 0 Å². The van der Waals surface area contributed by atoms with E-state index in [1.807, 2.05) is 20.8 Å². The highest BCUT2D eigenvalue weighted by Crippen LogP contribution is 2.25. The summed E-state index contributed by atoms with van der Waals surface area (Å²) in [4.78, 5) is 3.99. The van der Waals surface area contributed by atoms with Crippen molar-refractivity contribution in [1.29, 1.82) is 0 Å². The summed E-state index contributed by atoms with van der Waals surface area (Å²) in [6.07, 6.45) is 2.84. The van der Waals surface area contributed by atoms with Crippen molar-refractivity contribution < 1.29 is 8.42 Å². The first kappa shape index (κ1) is 16.0. The van der Waals surface area contributed by atoms with Crippen LogP contribution in [0.25, 0.3) is 0 Å². The molecule has 0 aliphatic carbocycles. The quantitative estimate of drug-likeness (QED) is 0.894. The van der Waals surface area contributed by atoms with E-state index < -0.39 is 10.0 Å². The van der Waals surface area contributed by atoms with E-state index in [1.165, 1.54) is 18.5 Å². The highest BCUT2D eigenvalue weighted by molar-refractivity contribution is 9.10. The Kier molecular flexibility index (Phi) is 4.38. The van der Waals surface area contributed by atoms with Crippen LogP contribution in [0.1, 0.15) is 31.3 Å². The number of nitrogens with one attached hydrogen (secondary N) is 1. The van der Waals surface area contributed by atoms with Gasteiger partial charge in [0.05, 0.1) is 17.1 Å². The lowest BCUT2D eigenvalue weighted by Gasteiger charge is -2.10. The fraction of sp³-hybridized carbons (Fsp3) is 0.385. The molecule has 8 heteroatoms. The first-order chi connectivity index (χ1) is 9.72. The van der Waals surface area contributed by atoms with Crippen molar-refractivity contribution in [2.75, 3.05) is 4.72 Å². The third-order valence-corrected chi connectivity index (χ3v) is 4.79. The third-order valence-electron chi connectivity index (χ3n) is 3.04. The van der Waals surface area contributed by atoms with Crippen LogP contribution in [0.2, 0.25) is 0 Å². The molecule has 0 aromatic carbocycles. The van der Waals surface area contributed by atoms with Crippen LogP contribution in [0.3, 0.4) is 0 Å². The standard InChI is InChI=1S/C13H17BrN4O2S/c1-8(2)18-10(4)13(9(3)16-18)17-21(19,20)12-5-11(14)6-15-7-12/h5-8,17H,1-4H3. The van der Waals surface area contributed by atoms with E-state index in [0.717, 1.165) is 5.69 Å². The summed E-state index contributed by atoms with van der Waals surface area (Å²) in [6.45, 7) is 7.62. The number of rotatable bonds is 4. The van der Waals surface area contributed by atoms with Gasteiger partial charge in [-0.2, -0.15) is 5.10 Å². The number of hydrogen-bond donors (Lipinski definition) is 1. The van der Waals surface area contributed by atoms with Gasteiger partial charge in [0.2, 0.25) is 0 Å². The summed E-state index contributed by atoms with van der Waals surface area (Å²) in [5, 5.41) is 4.37. The van der Waals surface area contributed by atoms with Gasteiger partial charge in [-0.05, 0) is 49.7 Å². The highest BCUT2D eigenvalue weighted by Gasteiger charge is 2.21. The van der Waals surface area contributed by atoms with Gasteiger partial charge in [-0.3, -0.25) is 14.4 Å². The fourth-order valence-electron chi connectivity index (χ4n) is 2.05. The Labute approximate surface area is 132 Å². The minimum atomic E-state index is -3.69. The maximum absolute atomic E-state index is 12.4. The molecule has 0 bridgehead atoms. The van der Waals surface area contributed by atoms with Crippen LogP contribution in [0.4, 0.5) is 5.69 Å². The maximum atomic E-state index is 12.4. The average molecular weight is 373 g/mol. The van der Waals surface area contributed by atoms with Gasteiger partial charge in [-0.15, -0.1) is 0 Å². The van der Waals surface area contributed by atoms with E-state index >= 15 is 0 Å². The van der Waals surface area contributed by atoms with Crippen molar-refractivity contribution in [3.63, 3.8) is 0 Å². The Bertz CT molecular complexity index is 768. The largest absolute Gasteiger partial charge is 0.276 e. The summed E-state index contributed by atoms with van der Waals surface area (Å²) in [5.74, 6) is 0. The molecule has 2 heterocycles. The molecular formula is C13H17BrN4O2S. The Morgan fingerprint density at radius 2 is 1.95 bits per heavy atom. The van der Waals surface area contributed by atoms with Gasteiger partial charge in [0.25, 0.3) is 10.0 Å². The molecule has 0 fully saturated rings. The van der Waals surface area contributed by atoms with Gasteiger partial charge in [0.1, 0.15) is 4.90 Å². The van der Waals surface area contributed by atoms with Crippen LogP contribution < -0.4 is 4.72 Å². The predicted octanol–water partition coefficient (Wildman–Crippen LogP) is 3.04. The number of anilines is 1. The average Bonchev–Trinajstić information content (AvgIpc) is 2.66. The molecule has 2 aromatic heterocycles. The van der Waals surface area contributed by atoms with Crippen LogP contribution in [0, 0.1) is 13.8 Å². The van der Waals surface area contributed by atoms with E-state index in [1.54, 1.807) is 11.6 Å². The first-order valence-electron chi connectivity index (χ1n) is 6.41. The second-order valence-corrected chi connectivity index (χ2v) is 7.63. The van der Waals surface area contributed by atoms with Crippen molar-refractivity contribution in [3.8, 4) is 0 Å². The summed E-state index contributed by atoms with van der Waals surface area (Å²) in [5.41, 5.74) is 1.95. The zero-order valence-corrected chi connectivity index (χ0v) is 14.7. The molecule has 0 aliphatic heterocycles. The third kappa shape index (κ3) is 3.26. The van der Waals surface area contributed by atoms with E-state index in [4.69, 9.17) is 0 Å². The Morgan fingerprint density at radius 3 is 2.48 bits per heavy atom. The number of pyridine rings is 1. The lowest BCUT2D eigenvalue weighted by molar-refractivity contribution is 0.516. The van der Waals surface area contributed by atoms with Crippen LogP contribution >= 0.6 is 15.9 Å². The molecule has 2 rings (SSSR count). The second-order valence-electron chi connectivity index (χ2n) is 5.03. The van der Waals surface area contributed by atoms with E-state index in [-0.39, 0.29) is 10.9 Å². The van der Waals surface area contributed by atoms with Gasteiger partial charge in [-0.25, -0.2) is 8.42 Å². The van der Waals surface area contributed by atoms with E-state index in [2.05, 4.69) is 30.7 Å². The fourth-order valence-corrected chi connectivity index (χ4v) is 3.73. The molecule has 0 saturated heterocycles. The van der Waals surface area contributed by atoms with Crippen molar-refractivity contribution >= 4 is 31.6 Å². The van der Waals surface area contributed by atoms with Crippen molar-refractivity contribution in [1.82, 2.24) is 14.8 Å². The zero-order valence-electron chi connectivity index (χ0n) is 12.3. The number of aromatic nitrogens is 3. The molecule has 6 nitrogen and oxygen atoms in total. The number of hydrogen-bond acceptors (Lipinski definition) is 4. The van der Waals surface area contributed by atoms with Gasteiger partial charge >= 0.3 is 0 Å². The Hall–Kier alpha value is -1.41. The molecule has 0 spiro atoms. The topological polar surface area (TPSA) is 76.9 Å². The predicted molar refractivity (Wildman–Crippen MR) is 84.8 cm³/mol. The SMILES string of the molecule is Cc1nn(C(C)C)c(C)c1NS(=O)(=O)c1cncc(Br)c1. The van der Waals surface area contributed by atoms with Crippen LogP contribution in [-0.2, 0) is 10.0 Å². The molecule has 21 heavy (non-hydrogen) atoms. The summed E-state index contributed by atoms with van der Waals surface area (Å²) in [6, 6.07) is 1.67. The van der Waals surface area contributed by atoms with Crippen molar-refractivity contribution in [2.45, 2.75) is 38.6 Å². The molecule has 1 N–H and O–H groups in total. The summed E-state index contributed by atoms with van der Waals surface area (Å²) < 4.78 is 29.9. The Balaban J connectivity index is 2.42. The zero-order chi connectivity index (χ0) is 15.8. The van der Waals surface area contributed by atoms with Crippen LogP contribution in [-0.4, -0.2) is 23.2 Å². The highest BCUT2D eigenvalue weighted by atomic mass is 79.9. The van der Waals surface area contributed by atoms with Crippen molar-refractivity contribution in [2.24, 2.45) is 0 Å². The lowest BCUT2D eigenvalue weighted by atomic mass is 10.3. The van der Waals surface area contributed by atoms with Gasteiger partial charge < -0.3 is 0 Å². The van der Waals surface area contributed by atoms with Crippen LogP contribution in [0.15, 0.2) is 27.8 Å². The molecule has 0 amide bonds. The molecule has 0 unspecified atom stereocenters. The minimum absolute atomic E-state index is 0.105. The maximum Gasteiger partial charge on any atom is 0.263 e. The van der Waals surface area contributed by atoms with Gasteiger partial charge in [0, 0.05) is 22.9 Å². The smallest absolute Gasteiger partial charge is 0.263 e. The number of nitrogens with zero attached hydrogens (tertiary/aromatic N) is 3. The molecule has 114 valence electrons. The molecule has 0 saturated carbocycles. The number of sulfonamides is 1. The minimum Gasteiger partial charge on any atom is -0.276 e. The molecular weight excluding hydrogens is 356 g/mol. The molecule has 0 radical (unpaired) electrons. The molecule has 0 atom stereocenters. The van der Waals surface area contributed by atoms with E-state index in [9.17, 15) is 8.42 Å². The number of halogens is 1. The Morgan fingerprint density at radius 1 is 1.29 bits per heavy atom. The summed E-state index contributed by atoms with van der Waals surface area (Å²) >= 11 is 3.22. The van der Waals surface area contributed by atoms with E-state index in [0.29, 0.717) is 15.9 Å². The lowest BCUT2D eigenvalue weighted by Crippen LogP contribution is -2.14. The van der Waals surface area contributed by atoms with Gasteiger partial charge in [-0.1, -0.05) is 0 Å². The van der Waals surface area contributed by atoms with Crippen LogP contribution in [0.5, 0.6) is 0 Å². The normalized spacial score (nSPS) is 11.9. The number of aryl methyl sites for hydroxylation is 1. The van der Waals surface area contributed by atoms with Crippen molar-refractivity contribution in [3.05, 3.63) is 34.3 Å². The monoisotopic (exact) mass is 372 g/mol. The molecule has 0 aliphatic rings. The second kappa shape index (κ2) is 5.76. The molecule has 2 aromatic rings. The summed E-state index contributed by atoms with van der Waals surface area (Å²) in [7, 11) is -3.69. The first-order valence-corrected chi connectivity index (χ1v) is 8.69.